The minimum absolute atomic E-state index is 0.111. The van der Waals surface area contributed by atoms with Gasteiger partial charge in [0.25, 0.3) is 5.91 Å². The van der Waals surface area contributed by atoms with Gasteiger partial charge in [-0.15, -0.1) is 0 Å². The lowest BCUT2D eigenvalue weighted by Gasteiger charge is -2.09. The van der Waals surface area contributed by atoms with Crippen molar-refractivity contribution < 1.29 is 18.0 Å². The standard InChI is InChI=1S/C14H11F3N4OS/c1-20(2)7-8-11(14(15,16)17)19-21(12(8)22)13-18-9-5-3-4-6-10(9)23-13/h3-7H,1-2H3. The van der Waals surface area contributed by atoms with Gasteiger partial charge >= 0.3 is 6.18 Å². The first-order chi connectivity index (χ1) is 10.8. The van der Waals surface area contributed by atoms with Crippen molar-refractivity contribution in [1.29, 1.82) is 0 Å². The predicted molar refractivity (Wildman–Crippen MR) is 82.4 cm³/mol. The van der Waals surface area contributed by atoms with E-state index in [9.17, 15) is 18.0 Å². The van der Waals surface area contributed by atoms with Crippen molar-refractivity contribution in [3.63, 3.8) is 0 Å². The summed E-state index contributed by atoms with van der Waals surface area (Å²) >= 11 is 1.11. The second-order valence-electron chi connectivity index (χ2n) is 5.03. The Hall–Kier alpha value is -2.42. The largest absolute Gasteiger partial charge is 0.435 e. The number of hydrazone groups is 1. The molecule has 5 nitrogen and oxygen atoms in total. The quantitative estimate of drug-likeness (QED) is 0.790. The highest BCUT2D eigenvalue weighted by Gasteiger charge is 2.47. The summed E-state index contributed by atoms with van der Waals surface area (Å²) in [7, 11) is 3.07. The van der Waals surface area contributed by atoms with Crippen LogP contribution in [0.2, 0.25) is 0 Å². The summed E-state index contributed by atoms with van der Waals surface area (Å²) in [4.78, 5) is 17.9. The molecule has 23 heavy (non-hydrogen) atoms. The summed E-state index contributed by atoms with van der Waals surface area (Å²) in [5.41, 5.74) is -1.11. The number of benzene rings is 1. The first kappa shape index (κ1) is 15.5. The molecule has 9 heteroatoms. The molecule has 0 saturated heterocycles. The molecule has 1 aromatic heterocycles. The number of rotatable bonds is 2. The van der Waals surface area contributed by atoms with Gasteiger partial charge in [-0.25, -0.2) is 4.98 Å². The fourth-order valence-electron chi connectivity index (χ4n) is 2.08. The molecule has 0 aliphatic carbocycles. The number of hydrogen-bond donors (Lipinski definition) is 0. The van der Waals surface area contributed by atoms with E-state index in [-0.39, 0.29) is 5.13 Å². The third-order valence-corrected chi connectivity index (χ3v) is 4.01. The van der Waals surface area contributed by atoms with Crippen LogP contribution in [0, 0.1) is 0 Å². The van der Waals surface area contributed by atoms with Crippen LogP contribution in [0.25, 0.3) is 10.2 Å². The van der Waals surface area contributed by atoms with Gasteiger partial charge in [-0.3, -0.25) is 4.79 Å². The van der Waals surface area contributed by atoms with Crippen molar-refractivity contribution in [2.24, 2.45) is 5.10 Å². The number of alkyl halides is 3. The van der Waals surface area contributed by atoms with Crippen LogP contribution >= 0.6 is 11.3 Å². The van der Waals surface area contributed by atoms with Crippen molar-refractivity contribution in [1.82, 2.24) is 9.88 Å². The topological polar surface area (TPSA) is 48.8 Å². The normalized spacial score (nSPS) is 17.3. The van der Waals surface area contributed by atoms with Crippen molar-refractivity contribution >= 4 is 38.3 Å². The maximum atomic E-state index is 13.1. The third kappa shape index (κ3) is 2.79. The van der Waals surface area contributed by atoms with Crippen molar-refractivity contribution in [3.8, 4) is 0 Å². The zero-order chi connectivity index (χ0) is 16.8. The monoisotopic (exact) mass is 340 g/mol. The minimum atomic E-state index is -4.72. The second-order valence-corrected chi connectivity index (χ2v) is 6.04. The molecule has 3 rings (SSSR count). The van der Waals surface area contributed by atoms with E-state index in [1.165, 1.54) is 19.0 Å². The van der Waals surface area contributed by atoms with Crippen molar-refractivity contribution in [2.75, 3.05) is 19.1 Å². The molecule has 1 aromatic carbocycles. The Labute approximate surface area is 133 Å². The molecule has 0 spiro atoms. The van der Waals surface area contributed by atoms with Crippen molar-refractivity contribution in [2.45, 2.75) is 6.18 Å². The highest BCUT2D eigenvalue weighted by Crippen LogP contribution is 2.35. The number of aromatic nitrogens is 1. The molecule has 0 saturated carbocycles. The smallest absolute Gasteiger partial charge is 0.383 e. The van der Waals surface area contributed by atoms with Gasteiger partial charge in [0.2, 0.25) is 5.13 Å². The number of anilines is 1. The van der Waals surface area contributed by atoms with Gasteiger partial charge in [-0.05, 0) is 12.1 Å². The first-order valence-corrected chi connectivity index (χ1v) is 7.33. The number of carbonyl (C=O) groups excluding carboxylic acids is 1. The third-order valence-electron chi connectivity index (χ3n) is 3.00. The van der Waals surface area contributed by atoms with Gasteiger partial charge in [-0.1, -0.05) is 23.5 Å². The molecule has 2 heterocycles. The molecule has 1 amide bonds. The Morgan fingerprint density at radius 3 is 2.57 bits per heavy atom. The number of fused-ring (bicyclic) bond motifs is 1. The number of hydrogen-bond acceptors (Lipinski definition) is 5. The summed E-state index contributed by atoms with van der Waals surface area (Å²) in [6, 6.07) is 7.06. The number of para-hydroxylation sites is 1. The van der Waals surface area contributed by atoms with Crippen molar-refractivity contribution in [3.05, 3.63) is 36.0 Å². The number of nitrogens with zero attached hydrogens (tertiary/aromatic N) is 4. The summed E-state index contributed by atoms with van der Waals surface area (Å²) in [5.74, 6) is -0.843. The molecular weight excluding hydrogens is 329 g/mol. The number of halogens is 3. The van der Waals surface area contributed by atoms with Crippen LogP contribution in [0.4, 0.5) is 18.3 Å². The van der Waals surface area contributed by atoms with Crippen LogP contribution < -0.4 is 5.01 Å². The molecule has 2 aromatic rings. The van der Waals surface area contributed by atoms with Crippen LogP contribution in [0.15, 0.2) is 41.1 Å². The number of carbonyl (C=O) groups is 1. The van der Waals surface area contributed by atoms with Gasteiger partial charge in [-0.2, -0.15) is 23.3 Å². The molecule has 1 aliphatic heterocycles. The van der Waals surface area contributed by atoms with Crippen LogP contribution in [0.3, 0.4) is 0 Å². The Bertz CT molecular complexity index is 805. The maximum absolute atomic E-state index is 13.1. The summed E-state index contributed by atoms with van der Waals surface area (Å²) in [6.07, 6.45) is -3.61. The summed E-state index contributed by atoms with van der Waals surface area (Å²) in [6.45, 7) is 0. The first-order valence-electron chi connectivity index (χ1n) is 6.52. The van der Waals surface area contributed by atoms with Crippen LogP contribution in [0.1, 0.15) is 0 Å². The van der Waals surface area contributed by atoms with E-state index in [4.69, 9.17) is 0 Å². The average Bonchev–Trinajstić information content (AvgIpc) is 3.00. The Morgan fingerprint density at radius 1 is 1.26 bits per heavy atom. The molecule has 0 atom stereocenters. The van der Waals surface area contributed by atoms with E-state index in [0.29, 0.717) is 10.5 Å². The lowest BCUT2D eigenvalue weighted by molar-refractivity contribution is -0.114. The Morgan fingerprint density at radius 2 is 1.96 bits per heavy atom. The summed E-state index contributed by atoms with van der Waals surface area (Å²) < 4.78 is 40.2. The predicted octanol–water partition coefficient (Wildman–Crippen LogP) is 3.01. The van der Waals surface area contributed by atoms with E-state index in [2.05, 4.69) is 10.1 Å². The molecular formula is C14H11F3N4OS. The fourth-order valence-corrected chi connectivity index (χ4v) is 2.99. The summed E-state index contributed by atoms with van der Waals surface area (Å²) in [5, 5.41) is 4.29. The minimum Gasteiger partial charge on any atom is -0.383 e. The van der Waals surface area contributed by atoms with E-state index in [1.54, 1.807) is 24.3 Å². The molecule has 0 bridgehead atoms. The van der Waals surface area contributed by atoms with E-state index in [0.717, 1.165) is 22.2 Å². The van der Waals surface area contributed by atoms with E-state index < -0.39 is 23.4 Å². The molecule has 120 valence electrons. The molecule has 0 N–H and O–H groups in total. The maximum Gasteiger partial charge on any atom is 0.435 e. The molecule has 0 radical (unpaired) electrons. The van der Waals surface area contributed by atoms with Gasteiger partial charge in [0.1, 0.15) is 0 Å². The molecule has 1 aliphatic rings. The van der Waals surface area contributed by atoms with Crippen LogP contribution in [-0.4, -0.2) is 41.8 Å². The van der Waals surface area contributed by atoms with Crippen LogP contribution in [-0.2, 0) is 4.79 Å². The SMILES string of the molecule is CN(C)C=C1C(=O)N(c2nc3ccccc3s2)N=C1C(F)(F)F. The van der Waals surface area contributed by atoms with Gasteiger partial charge in [0.15, 0.2) is 5.71 Å². The zero-order valence-corrected chi connectivity index (χ0v) is 12.9. The molecule has 0 unspecified atom stereocenters. The van der Waals surface area contributed by atoms with Gasteiger partial charge in [0.05, 0.1) is 15.8 Å². The second kappa shape index (κ2) is 5.34. The highest BCUT2D eigenvalue weighted by molar-refractivity contribution is 7.22. The Balaban J connectivity index is 2.09. The number of amides is 1. The van der Waals surface area contributed by atoms with Crippen LogP contribution in [0.5, 0.6) is 0 Å². The fraction of sp³-hybridized carbons (Fsp3) is 0.214. The Kier molecular flexibility index (Phi) is 3.59. The lowest BCUT2D eigenvalue weighted by atomic mass is 10.1. The van der Waals surface area contributed by atoms with E-state index >= 15 is 0 Å². The van der Waals surface area contributed by atoms with Gasteiger partial charge in [0, 0.05) is 20.3 Å². The highest BCUT2D eigenvalue weighted by atomic mass is 32.1. The number of thiazole rings is 1. The lowest BCUT2D eigenvalue weighted by Crippen LogP contribution is -2.27. The van der Waals surface area contributed by atoms with Gasteiger partial charge < -0.3 is 4.90 Å². The molecule has 0 fully saturated rings. The zero-order valence-electron chi connectivity index (χ0n) is 12.1. The average molecular weight is 340 g/mol. The van der Waals surface area contributed by atoms with E-state index in [1.807, 2.05) is 0 Å².